The number of nitrogens with one attached hydrogen (secondary N) is 1. The lowest BCUT2D eigenvalue weighted by atomic mass is 9.85. The number of hydrogen-bond acceptors (Lipinski definition) is 6. The summed E-state index contributed by atoms with van der Waals surface area (Å²) in [6, 6.07) is 12.9. The van der Waals surface area contributed by atoms with Gasteiger partial charge in [0.2, 0.25) is 0 Å². The molecular weight excluding hydrogens is 503 g/mol. The number of halogens is 1. The SMILES string of the molecule is CN(c1c(C#N)c(=O)n(C)c2ccc(C#N)nc12)C1CCCCC1.Fc1ccc(NCC2CCC2)c(C2CC2)c1. The van der Waals surface area contributed by atoms with Crippen molar-refractivity contribution in [3.05, 3.63) is 63.3 Å². The number of fused-ring (bicyclic) bond motifs is 1. The zero-order chi connectivity index (χ0) is 28.2. The number of pyridine rings is 2. The topological polar surface area (TPSA) is 97.7 Å². The van der Waals surface area contributed by atoms with Gasteiger partial charge in [0, 0.05) is 32.4 Å². The molecule has 0 saturated heterocycles. The van der Waals surface area contributed by atoms with Crippen LogP contribution in [0, 0.1) is 34.4 Å². The van der Waals surface area contributed by atoms with Gasteiger partial charge in [0.1, 0.15) is 34.7 Å². The Morgan fingerprint density at radius 2 is 1.77 bits per heavy atom. The second kappa shape index (κ2) is 12.1. The maximum absolute atomic E-state index is 13.2. The largest absolute Gasteiger partial charge is 0.385 e. The summed E-state index contributed by atoms with van der Waals surface area (Å²) in [5.74, 6) is 1.35. The minimum Gasteiger partial charge on any atom is -0.385 e. The summed E-state index contributed by atoms with van der Waals surface area (Å²) in [4.78, 5) is 19.0. The molecule has 0 spiro atoms. The molecule has 3 fully saturated rings. The van der Waals surface area contributed by atoms with Crippen LogP contribution < -0.4 is 15.8 Å². The normalized spacial score (nSPS) is 17.2. The number of nitrogens with zero attached hydrogens (tertiary/aromatic N) is 5. The predicted molar refractivity (Wildman–Crippen MR) is 156 cm³/mol. The van der Waals surface area contributed by atoms with Crippen LogP contribution in [0.15, 0.2) is 35.1 Å². The fraction of sp³-hybridized carbons (Fsp3) is 0.500. The highest BCUT2D eigenvalue weighted by atomic mass is 19.1. The third kappa shape index (κ3) is 5.82. The van der Waals surface area contributed by atoms with Crippen molar-refractivity contribution in [1.29, 1.82) is 10.5 Å². The molecular formula is C32H37FN6O. The Balaban J connectivity index is 0.000000174. The summed E-state index contributed by atoms with van der Waals surface area (Å²) in [5, 5.41) is 22.2. The minimum atomic E-state index is -0.325. The van der Waals surface area contributed by atoms with Gasteiger partial charge in [-0.3, -0.25) is 4.79 Å². The standard InChI is InChI=1S/C18H19N5O.C14H18FN/c1-22(13-6-4-3-5-7-13)17-14(11-20)18(24)23(2)15-9-8-12(10-19)21-16(15)17;15-12-6-7-14(13(8-12)11-4-5-11)16-9-10-2-1-3-10/h8-9,13H,3-7H2,1-2H3;6-8,10-11,16H,1-5,9H2. The molecule has 3 aliphatic rings. The fourth-order valence-corrected chi connectivity index (χ4v) is 5.93. The molecule has 1 N–H and O–H groups in total. The summed E-state index contributed by atoms with van der Waals surface area (Å²) in [6.45, 7) is 1.06. The van der Waals surface area contributed by atoms with Gasteiger partial charge in [-0.05, 0) is 86.3 Å². The van der Waals surface area contributed by atoms with Crippen LogP contribution in [0.2, 0.25) is 0 Å². The number of rotatable bonds is 6. The quantitative estimate of drug-likeness (QED) is 0.391. The zero-order valence-electron chi connectivity index (χ0n) is 23.4. The van der Waals surface area contributed by atoms with Crippen molar-refractivity contribution in [2.24, 2.45) is 13.0 Å². The average molecular weight is 541 g/mol. The lowest BCUT2D eigenvalue weighted by Gasteiger charge is -2.33. The van der Waals surface area contributed by atoms with Crippen LogP contribution in [0.4, 0.5) is 15.8 Å². The minimum absolute atomic E-state index is 0.0978. The van der Waals surface area contributed by atoms with E-state index in [-0.39, 0.29) is 28.7 Å². The molecule has 3 aromatic rings. The molecule has 40 heavy (non-hydrogen) atoms. The van der Waals surface area contributed by atoms with E-state index in [1.165, 1.54) is 48.7 Å². The van der Waals surface area contributed by atoms with E-state index >= 15 is 0 Å². The van der Waals surface area contributed by atoms with E-state index in [1.54, 1.807) is 31.3 Å². The van der Waals surface area contributed by atoms with Gasteiger partial charge in [-0.15, -0.1) is 0 Å². The van der Waals surface area contributed by atoms with E-state index < -0.39 is 0 Å². The molecule has 0 atom stereocenters. The molecule has 0 radical (unpaired) electrons. The van der Waals surface area contributed by atoms with Gasteiger partial charge in [-0.25, -0.2) is 9.37 Å². The Bertz CT molecular complexity index is 1520. The van der Waals surface area contributed by atoms with Gasteiger partial charge in [0.25, 0.3) is 5.56 Å². The first kappa shape index (κ1) is 27.6. The van der Waals surface area contributed by atoms with E-state index in [0.717, 1.165) is 43.8 Å². The Labute approximate surface area is 235 Å². The van der Waals surface area contributed by atoms with E-state index in [4.69, 9.17) is 5.26 Å². The van der Waals surface area contributed by atoms with Crippen LogP contribution in [0.1, 0.15) is 86.9 Å². The number of aromatic nitrogens is 2. The first-order chi connectivity index (χ1) is 19.4. The molecule has 8 heteroatoms. The third-order valence-electron chi connectivity index (χ3n) is 8.75. The van der Waals surface area contributed by atoms with E-state index in [0.29, 0.717) is 22.6 Å². The molecule has 0 aliphatic heterocycles. The summed E-state index contributed by atoms with van der Waals surface area (Å²) in [6.07, 6.45) is 12.1. The molecule has 0 unspecified atom stereocenters. The maximum atomic E-state index is 13.2. The van der Waals surface area contributed by atoms with Gasteiger partial charge >= 0.3 is 0 Å². The van der Waals surface area contributed by atoms with Crippen molar-refractivity contribution in [3.8, 4) is 12.1 Å². The van der Waals surface area contributed by atoms with Gasteiger partial charge in [-0.1, -0.05) is 25.7 Å². The van der Waals surface area contributed by atoms with E-state index in [9.17, 15) is 14.4 Å². The number of nitriles is 2. The molecule has 3 aliphatic carbocycles. The molecule has 0 bridgehead atoms. The van der Waals surface area contributed by atoms with Crippen molar-refractivity contribution in [2.45, 2.75) is 76.2 Å². The predicted octanol–water partition coefficient (Wildman–Crippen LogP) is 6.36. The van der Waals surface area contributed by atoms with Gasteiger partial charge in [0.05, 0.1) is 11.2 Å². The van der Waals surface area contributed by atoms with Crippen LogP contribution in [-0.2, 0) is 7.05 Å². The lowest BCUT2D eigenvalue weighted by Crippen LogP contribution is -2.36. The van der Waals surface area contributed by atoms with Gasteiger partial charge < -0.3 is 14.8 Å². The highest BCUT2D eigenvalue weighted by molar-refractivity contribution is 5.92. The van der Waals surface area contributed by atoms with Crippen molar-refractivity contribution < 1.29 is 4.39 Å². The number of anilines is 2. The molecule has 0 amide bonds. The van der Waals surface area contributed by atoms with Gasteiger partial charge in [0.15, 0.2) is 0 Å². The van der Waals surface area contributed by atoms with Crippen molar-refractivity contribution in [2.75, 3.05) is 23.8 Å². The van der Waals surface area contributed by atoms with Gasteiger partial charge in [-0.2, -0.15) is 10.5 Å². The van der Waals surface area contributed by atoms with Crippen molar-refractivity contribution in [3.63, 3.8) is 0 Å². The highest BCUT2D eigenvalue weighted by Crippen LogP contribution is 2.44. The Morgan fingerprint density at radius 1 is 1.02 bits per heavy atom. The first-order valence-corrected chi connectivity index (χ1v) is 14.5. The van der Waals surface area contributed by atoms with E-state index in [2.05, 4.69) is 16.4 Å². The van der Waals surface area contributed by atoms with Crippen LogP contribution in [-0.4, -0.2) is 29.2 Å². The molecule has 1 aromatic carbocycles. The summed E-state index contributed by atoms with van der Waals surface area (Å²) in [7, 11) is 3.55. The average Bonchev–Trinajstić information content (AvgIpc) is 3.80. The molecule has 2 heterocycles. The summed E-state index contributed by atoms with van der Waals surface area (Å²) >= 11 is 0. The first-order valence-electron chi connectivity index (χ1n) is 14.5. The molecule has 2 aromatic heterocycles. The fourth-order valence-electron chi connectivity index (χ4n) is 5.93. The molecule has 3 saturated carbocycles. The monoisotopic (exact) mass is 540 g/mol. The molecule has 208 valence electrons. The zero-order valence-corrected chi connectivity index (χ0v) is 23.4. The summed E-state index contributed by atoms with van der Waals surface area (Å²) < 4.78 is 14.6. The number of benzene rings is 1. The summed E-state index contributed by atoms with van der Waals surface area (Å²) in [5.41, 5.74) is 4.14. The lowest BCUT2D eigenvalue weighted by molar-refractivity contribution is 0.333. The third-order valence-corrected chi connectivity index (χ3v) is 8.75. The second-order valence-corrected chi connectivity index (χ2v) is 11.5. The van der Waals surface area contributed by atoms with E-state index in [1.807, 2.05) is 24.1 Å². The maximum Gasteiger partial charge on any atom is 0.270 e. The van der Waals surface area contributed by atoms with Crippen LogP contribution >= 0.6 is 0 Å². The Hall–Kier alpha value is -3.91. The smallest absolute Gasteiger partial charge is 0.270 e. The Kier molecular flexibility index (Phi) is 8.35. The van der Waals surface area contributed by atoms with Crippen molar-refractivity contribution in [1.82, 2.24) is 9.55 Å². The van der Waals surface area contributed by atoms with Crippen LogP contribution in [0.3, 0.4) is 0 Å². The molecule has 7 nitrogen and oxygen atoms in total. The van der Waals surface area contributed by atoms with Crippen molar-refractivity contribution >= 4 is 22.4 Å². The highest BCUT2D eigenvalue weighted by Gasteiger charge is 2.28. The Morgan fingerprint density at radius 3 is 2.40 bits per heavy atom. The molecule has 6 rings (SSSR count). The van der Waals surface area contributed by atoms with Crippen LogP contribution in [0.5, 0.6) is 0 Å². The number of hydrogen-bond donors (Lipinski definition) is 1. The van der Waals surface area contributed by atoms with Crippen LogP contribution in [0.25, 0.3) is 11.0 Å². The second-order valence-electron chi connectivity index (χ2n) is 11.5. The number of aryl methyl sites for hydroxylation is 1.